The van der Waals surface area contributed by atoms with Gasteiger partial charge in [-0.15, -0.1) is 10.2 Å². The summed E-state index contributed by atoms with van der Waals surface area (Å²) in [6.07, 6.45) is 1.07. The van der Waals surface area contributed by atoms with Crippen LogP contribution in [-0.2, 0) is 10.2 Å². The van der Waals surface area contributed by atoms with Crippen LogP contribution in [0.25, 0.3) is 0 Å². The Kier molecular flexibility index (Phi) is 7.28. The Balaban J connectivity index is 1.53. The van der Waals surface area contributed by atoms with Crippen LogP contribution in [0, 0.1) is 0 Å². The molecule has 1 N–H and O–H groups in total. The van der Waals surface area contributed by atoms with Gasteiger partial charge in [0.1, 0.15) is 5.75 Å². The molecule has 0 saturated heterocycles. The number of carbonyl (C=O) groups excluding carboxylic acids is 1. The molecular formula is C22H25N3O2S2. The Labute approximate surface area is 179 Å². The molecule has 1 amide bonds. The smallest absolute Gasteiger partial charge is 0.264 e. The fourth-order valence-corrected chi connectivity index (χ4v) is 4.49. The molecule has 152 valence electrons. The van der Waals surface area contributed by atoms with Crippen molar-refractivity contribution >= 4 is 34.1 Å². The lowest BCUT2D eigenvalue weighted by Crippen LogP contribution is -2.20. The molecule has 0 bridgehead atoms. The van der Waals surface area contributed by atoms with E-state index in [0.717, 1.165) is 16.5 Å². The van der Waals surface area contributed by atoms with Gasteiger partial charge in [0.25, 0.3) is 5.91 Å². The highest BCUT2D eigenvalue weighted by atomic mass is 32.2. The minimum absolute atomic E-state index is 0.0710. The first kappa shape index (κ1) is 21.3. The van der Waals surface area contributed by atoms with Crippen molar-refractivity contribution in [1.82, 2.24) is 10.2 Å². The van der Waals surface area contributed by atoms with E-state index in [1.807, 2.05) is 30.3 Å². The van der Waals surface area contributed by atoms with Crippen LogP contribution in [0.1, 0.15) is 38.3 Å². The third-order valence-electron chi connectivity index (χ3n) is 4.52. The average molecular weight is 428 g/mol. The lowest BCUT2D eigenvalue weighted by atomic mass is 9.78. The van der Waals surface area contributed by atoms with Gasteiger partial charge in [-0.3, -0.25) is 10.1 Å². The molecule has 0 saturated carbocycles. The fourth-order valence-electron chi connectivity index (χ4n) is 2.80. The standard InChI is InChI=1S/C22H25N3O2S2/c1-4-14-28-21-25-24-20(29-21)23-19(26)15-27-18-12-10-17(11-13-18)22(2,3)16-8-6-5-7-9-16/h5-13H,4,14-15H2,1-3H3,(H,23,24,26). The van der Waals surface area contributed by atoms with Gasteiger partial charge in [0.15, 0.2) is 10.9 Å². The number of rotatable bonds is 9. The van der Waals surface area contributed by atoms with E-state index in [4.69, 9.17) is 4.74 Å². The van der Waals surface area contributed by atoms with E-state index in [0.29, 0.717) is 10.9 Å². The van der Waals surface area contributed by atoms with Crippen molar-refractivity contribution in [3.05, 3.63) is 65.7 Å². The summed E-state index contributed by atoms with van der Waals surface area (Å²) < 4.78 is 6.49. The molecule has 0 unspecified atom stereocenters. The van der Waals surface area contributed by atoms with Gasteiger partial charge >= 0.3 is 0 Å². The highest BCUT2D eigenvalue weighted by Crippen LogP contribution is 2.32. The summed E-state index contributed by atoms with van der Waals surface area (Å²) in [4.78, 5) is 12.1. The number of carbonyl (C=O) groups is 1. The minimum Gasteiger partial charge on any atom is -0.484 e. The van der Waals surface area contributed by atoms with Crippen LogP contribution >= 0.6 is 23.1 Å². The normalized spacial score (nSPS) is 11.3. The summed E-state index contributed by atoms with van der Waals surface area (Å²) in [5.41, 5.74) is 2.33. The number of nitrogens with zero attached hydrogens (tertiary/aromatic N) is 2. The predicted molar refractivity (Wildman–Crippen MR) is 120 cm³/mol. The second-order valence-electron chi connectivity index (χ2n) is 7.07. The highest BCUT2D eigenvalue weighted by molar-refractivity contribution is 8.01. The maximum atomic E-state index is 12.1. The molecular weight excluding hydrogens is 402 g/mol. The third-order valence-corrected chi connectivity index (χ3v) is 6.70. The average Bonchev–Trinajstić information content (AvgIpc) is 3.19. The molecule has 0 spiro atoms. The fraction of sp³-hybridized carbons (Fsp3) is 0.318. The summed E-state index contributed by atoms with van der Waals surface area (Å²) in [5, 5.41) is 11.3. The number of thioether (sulfide) groups is 1. The zero-order chi connectivity index (χ0) is 20.7. The third kappa shape index (κ3) is 5.81. The number of aromatic nitrogens is 2. The molecule has 0 atom stereocenters. The Morgan fingerprint density at radius 2 is 1.76 bits per heavy atom. The summed E-state index contributed by atoms with van der Waals surface area (Å²) in [6, 6.07) is 18.3. The molecule has 3 aromatic rings. The lowest BCUT2D eigenvalue weighted by Gasteiger charge is -2.26. The van der Waals surface area contributed by atoms with Gasteiger partial charge in [0.05, 0.1) is 0 Å². The SMILES string of the molecule is CCCSc1nnc(NC(=O)COc2ccc(C(C)(C)c3ccccc3)cc2)s1. The van der Waals surface area contributed by atoms with Gasteiger partial charge in [0, 0.05) is 11.2 Å². The minimum atomic E-state index is -0.248. The van der Waals surface area contributed by atoms with Crippen LogP contribution in [0.5, 0.6) is 5.75 Å². The van der Waals surface area contributed by atoms with Crippen LogP contribution in [0.15, 0.2) is 58.9 Å². The number of amides is 1. The molecule has 2 aromatic carbocycles. The van der Waals surface area contributed by atoms with E-state index in [-0.39, 0.29) is 17.9 Å². The second-order valence-corrected chi connectivity index (χ2v) is 9.39. The van der Waals surface area contributed by atoms with Gasteiger partial charge in [-0.2, -0.15) is 0 Å². The van der Waals surface area contributed by atoms with E-state index in [1.54, 1.807) is 11.8 Å². The van der Waals surface area contributed by atoms with Crippen molar-refractivity contribution < 1.29 is 9.53 Å². The molecule has 5 nitrogen and oxygen atoms in total. The van der Waals surface area contributed by atoms with Crippen molar-refractivity contribution in [3.8, 4) is 5.75 Å². The van der Waals surface area contributed by atoms with Crippen LogP contribution in [0.4, 0.5) is 5.13 Å². The Hall–Kier alpha value is -2.38. The van der Waals surface area contributed by atoms with E-state index in [2.05, 4.69) is 60.6 Å². The molecule has 0 aliphatic rings. The van der Waals surface area contributed by atoms with Crippen molar-refractivity contribution in [2.75, 3.05) is 17.7 Å². The topological polar surface area (TPSA) is 64.1 Å². The number of anilines is 1. The molecule has 7 heteroatoms. The number of hydrogen-bond acceptors (Lipinski definition) is 6. The zero-order valence-corrected chi connectivity index (χ0v) is 18.5. The summed E-state index contributed by atoms with van der Waals surface area (Å²) >= 11 is 3.02. The number of nitrogens with one attached hydrogen (secondary N) is 1. The van der Waals surface area contributed by atoms with Crippen molar-refractivity contribution in [2.24, 2.45) is 0 Å². The van der Waals surface area contributed by atoms with E-state index >= 15 is 0 Å². The Morgan fingerprint density at radius 1 is 1.07 bits per heavy atom. The Morgan fingerprint density at radius 3 is 2.45 bits per heavy atom. The molecule has 0 aliphatic heterocycles. The monoisotopic (exact) mass is 427 g/mol. The molecule has 0 fully saturated rings. The van der Waals surface area contributed by atoms with Gasteiger partial charge in [0.2, 0.25) is 5.13 Å². The quantitative estimate of drug-likeness (QED) is 0.367. The number of hydrogen-bond donors (Lipinski definition) is 1. The van der Waals surface area contributed by atoms with Gasteiger partial charge in [-0.1, -0.05) is 86.3 Å². The summed E-state index contributed by atoms with van der Waals surface area (Å²) in [7, 11) is 0. The first-order valence-electron chi connectivity index (χ1n) is 9.54. The maximum Gasteiger partial charge on any atom is 0.264 e. The first-order chi connectivity index (χ1) is 14.0. The Bertz CT molecular complexity index is 925. The number of ether oxygens (including phenoxy) is 1. The van der Waals surface area contributed by atoms with Crippen molar-refractivity contribution in [1.29, 1.82) is 0 Å². The van der Waals surface area contributed by atoms with Crippen LogP contribution in [0.2, 0.25) is 0 Å². The lowest BCUT2D eigenvalue weighted by molar-refractivity contribution is -0.118. The van der Waals surface area contributed by atoms with E-state index < -0.39 is 0 Å². The van der Waals surface area contributed by atoms with E-state index in [1.165, 1.54) is 22.5 Å². The van der Waals surface area contributed by atoms with Crippen molar-refractivity contribution in [3.63, 3.8) is 0 Å². The van der Waals surface area contributed by atoms with Gasteiger partial charge in [-0.25, -0.2) is 0 Å². The molecule has 0 aliphatic carbocycles. The maximum absolute atomic E-state index is 12.1. The first-order valence-corrected chi connectivity index (χ1v) is 11.3. The zero-order valence-electron chi connectivity index (χ0n) is 16.8. The van der Waals surface area contributed by atoms with Crippen LogP contribution in [-0.4, -0.2) is 28.5 Å². The molecule has 1 aromatic heterocycles. The largest absolute Gasteiger partial charge is 0.484 e. The molecule has 0 radical (unpaired) electrons. The molecule has 3 rings (SSSR count). The summed E-state index contributed by atoms with van der Waals surface area (Å²) in [5.74, 6) is 1.40. The highest BCUT2D eigenvalue weighted by Gasteiger charge is 2.22. The van der Waals surface area contributed by atoms with Gasteiger partial charge < -0.3 is 4.74 Å². The molecule has 29 heavy (non-hydrogen) atoms. The van der Waals surface area contributed by atoms with Crippen molar-refractivity contribution in [2.45, 2.75) is 36.9 Å². The number of benzene rings is 2. The predicted octanol–water partition coefficient (Wildman–Crippen LogP) is 5.38. The summed E-state index contributed by atoms with van der Waals surface area (Å²) in [6.45, 7) is 6.43. The van der Waals surface area contributed by atoms with Crippen LogP contribution < -0.4 is 10.1 Å². The van der Waals surface area contributed by atoms with Gasteiger partial charge in [-0.05, 0) is 29.7 Å². The van der Waals surface area contributed by atoms with Crippen LogP contribution in [0.3, 0.4) is 0 Å². The van der Waals surface area contributed by atoms with E-state index in [9.17, 15) is 4.79 Å². The second kappa shape index (κ2) is 9.89. The molecule has 1 heterocycles.